The van der Waals surface area contributed by atoms with E-state index in [0.29, 0.717) is 0 Å². The molecule has 0 radical (unpaired) electrons. The smallest absolute Gasteiger partial charge is 0.258 e. The topological polar surface area (TPSA) is 105 Å². The second-order valence-corrected chi connectivity index (χ2v) is 3.08. The molecule has 6 heteroatoms. The predicted molar refractivity (Wildman–Crippen MR) is 59.1 cm³/mol. The SMILES string of the molecule is N#CCNC(=O)COc1ccccc1C(N)=O. The number of carbonyl (C=O) groups excluding carboxylic acids is 2. The largest absolute Gasteiger partial charge is 0.483 e. The minimum Gasteiger partial charge on any atom is -0.483 e. The number of benzene rings is 1. The lowest BCUT2D eigenvalue weighted by Gasteiger charge is -2.08. The highest BCUT2D eigenvalue weighted by Crippen LogP contribution is 2.16. The van der Waals surface area contributed by atoms with Gasteiger partial charge in [0.2, 0.25) is 0 Å². The van der Waals surface area contributed by atoms with Gasteiger partial charge in [-0.05, 0) is 12.1 Å². The van der Waals surface area contributed by atoms with E-state index in [1.165, 1.54) is 12.1 Å². The lowest BCUT2D eigenvalue weighted by molar-refractivity contribution is -0.122. The van der Waals surface area contributed by atoms with E-state index in [0.717, 1.165) is 0 Å². The van der Waals surface area contributed by atoms with Crippen LogP contribution in [-0.4, -0.2) is 25.0 Å². The Morgan fingerprint density at radius 1 is 1.41 bits per heavy atom. The number of nitriles is 1. The van der Waals surface area contributed by atoms with E-state index in [-0.39, 0.29) is 24.5 Å². The molecule has 0 aliphatic heterocycles. The van der Waals surface area contributed by atoms with Crippen molar-refractivity contribution in [1.29, 1.82) is 5.26 Å². The lowest BCUT2D eigenvalue weighted by atomic mass is 10.2. The van der Waals surface area contributed by atoms with Gasteiger partial charge in [-0.3, -0.25) is 9.59 Å². The first-order chi connectivity index (χ1) is 8.15. The maximum atomic E-state index is 11.2. The molecule has 0 spiro atoms. The number of carbonyl (C=O) groups is 2. The number of primary amides is 1. The van der Waals surface area contributed by atoms with Crippen molar-refractivity contribution < 1.29 is 14.3 Å². The molecule has 0 unspecified atom stereocenters. The Bertz CT molecular complexity index is 465. The summed E-state index contributed by atoms with van der Waals surface area (Å²) >= 11 is 0. The van der Waals surface area contributed by atoms with Gasteiger partial charge in [0.1, 0.15) is 12.3 Å². The molecule has 0 saturated carbocycles. The number of para-hydroxylation sites is 1. The van der Waals surface area contributed by atoms with Gasteiger partial charge in [0.15, 0.2) is 6.61 Å². The third-order valence-corrected chi connectivity index (χ3v) is 1.88. The van der Waals surface area contributed by atoms with E-state index in [1.807, 2.05) is 0 Å². The van der Waals surface area contributed by atoms with Gasteiger partial charge in [0.25, 0.3) is 11.8 Å². The molecule has 0 fully saturated rings. The molecular weight excluding hydrogens is 222 g/mol. The van der Waals surface area contributed by atoms with Crippen LogP contribution in [-0.2, 0) is 4.79 Å². The second-order valence-electron chi connectivity index (χ2n) is 3.08. The Morgan fingerprint density at radius 3 is 2.76 bits per heavy atom. The number of nitrogens with two attached hydrogens (primary N) is 1. The Kier molecular flexibility index (Phi) is 4.51. The Hall–Kier alpha value is -2.55. The summed E-state index contributed by atoms with van der Waals surface area (Å²) in [6.45, 7) is -0.356. The Labute approximate surface area is 98.0 Å². The first kappa shape index (κ1) is 12.5. The van der Waals surface area contributed by atoms with Gasteiger partial charge in [0.05, 0.1) is 11.6 Å². The van der Waals surface area contributed by atoms with E-state index in [1.54, 1.807) is 18.2 Å². The highest BCUT2D eigenvalue weighted by atomic mass is 16.5. The molecule has 0 bridgehead atoms. The quantitative estimate of drug-likeness (QED) is 0.687. The van der Waals surface area contributed by atoms with Crippen molar-refractivity contribution in [3.8, 4) is 11.8 Å². The average molecular weight is 233 g/mol. The zero-order valence-electron chi connectivity index (χ0n) is 8.97. The summed E-state index contributed by atoms with van der Waals surface area (Å²) in [5, 5.41) is 10.6. The molecular formula is C11H11N3O3. The molecule has 17 heavy (non-hydrogen) atoms. The molecule has 88 valence electrons. The van der Waals surface area contributed by atoms with Crippen molar-refractivity contribution in [3.05, 3.63) is 29.8 Å². The van der Waals surface area contributed by atoms with E-state index in [2.05, 4.69) is 5.32 Å². The summed E-state index contributed by atoms with van der Waals surface area (Å²) in [6, 6.07) is 8.11. The normalized spacial score (nSPS) is 9.12. The van der Waals surface area contributed by atoms with Crippen molar-refractivity contribution in [2.24, 2.45) is 5.73 Å². The van der Waals surface area contributed by atoms with E-state index in [9.17, 15) is 9.59 Å². The van der Waals surface area contributed by atoms with Crippen LogP contribution >= 0.6 is 0 Å². The van der Waals surface area contributed by atoms with Crippen LogP contribution in [0.15, 0.2) is 24.3 Å². The summed E-state index contributed by atoms with van der Waals surface area (Å²) in [7, 11) is 0. The standard InChI is InChI=1S/C11H11N3O3/c12-5-6-14-10(15)7-17-9-4-2-1-3-8(9)11(13)16/h1-4H,6-7H2,(H2,13,16)(H,14,15). The van der Waals surface area contributed by atoms with Crippen LogP contribution in [0.3, 0.4) is 0 Å². The van der Waals surface area contributed by atoms with E-state index < -0.39 is 11.8 Å². The minimum absolute atomic E-state index is 0.0837. The number of nitrogens with one attached hydrogen (secondary N) is 1. The molecule has 0 aliphatic carbocycles. The second kappa shape index (κ2) is 6.12. The summed E-state index contributed by atoms with van der Waals surface area (Å²) in [5.74, 6) is -0.823. The maximum absolute atomic E-state index is 11.2. The molecule has 1 aromatic carbocycles. The minimum atomic E-state index is -0.627. The molecule has 0 aliphatic rings. The first-order valence-corrected chi connectivity index (χ1v) is 4.80. The van der Waals surface area contributed by atoms with Gasteiger partial charge in [-0.25, -0.2) is 0 Å². The van der Waals surface area contributed by atoms with Crippen LogP contribution in [0.2, 0.25) is 0 Å². The third-order valence-electron chi connectivity index (χ3n) is 1.88. The molecule has 0 heterocycles. The van der Waals surface area contributed by atoms with Crippen molar-refractivity contribution in [2.45, 2.75) is 0 Å². The summed E-state index contributed by atoms with van der Waals surface area (Å²) in [6.07, 6.45) is 0. The number of ether oxygens (including phenoxy) is 1. The van der Waals surface area contributed by atoms with Gasteiger partial charge in [-0.15, -0.1) is 0 Å². The van der Waals surface area contributed by atoms with Crippen LogP contribution < -0.4 is 15.8 Å². The fraction of sp³-hybridized carbons (Fsp3) is 0.182. The summed E-state index contributed by atoms with van der Waals surface area (Å²) in [4.78, 5) is 22.2. The highest BCUT2D eigenvalue weighted by Gasteiger charge is 2.09. The summed E-state index contributed by atoms with van der Waals surface area (Å²) in [5.41, 5.74) is 5.35. The number of nitrogens with zero attached hydrogens (tertiary/aromatic N) is 1. The van der Waals surface area contributed by atoms with Crippen LogP contribution in [0.4, 0.5) is 0 Å². The summed E-state index contributed by atoms with van der Waals surface area (Å²) < 4.78 is 5.13. The highest BCUT2D eigenvalue weighted by molar-refractivity contribution is 5.95. The number of hydrogen-bond acceptors (Lipinski definition) is 4. The average Bonchev–Trinajstić information content (AvgIpc) is 2.34. The zero-order valence-corrected chi connectivity index (χ0v) is 8.97. The molecule has 0 atom stereocenters. The maximum Gasteiger partial charge on any atom is 0.258 e. The van der Waals surface area contributed by atoms with Crippen LogP contribution in [0, 0.1) is 11.3 Å². The fourth-order valence-corrected chi connectivity index (χ4v) is 1.13. The molecule has 2 amide bonds. The first-order valence-electron chi connectivity index (χ1n) is 4.80. The van der Waals surface area contributed by atoms with Gasteiger partial charge in [-0.1, -0.05) is 12.1 Å². The number of rotatable bonds is 5. The van der Waals surface area contributed by atoms with Crippen LogP contribution in [0.25, 0.3) is 0 Å². The van der Waals surface area contributed by atoms with E-state index in [4.69, 9.17) is 15.7 Å². The van der Waals surface area contributed by atoms with Crippen LogP contribution in [0.1, 0.15) is 10.4 Å². The molecule has 1 aromatic rings. The van der Waals surface area contributed by atoms with Crippen molar-refractivity contribution >= 4 is 11.8 Å². The zero-order chi connectivity index (χ0) is 12.7. The molecule has 0 aromatic heterocycles. The Morgan fingerprint density at radius 2 is 2.12 bits per heavy atom. The monoisotopic (exact) mass is 233 g/mol. The van der Waals surface area contributed by atoms with Crippen molar-refractivity contribution in [3.63, 3.8) is 0 Å². The Balaban J connectivity index is 2.61. The van der Waals surface area contributed by atoms with Gasteiger partial charge in [0, 0.05) is 0 Å². The third kappa shape index (κ3) is 3.83. The van der Waals surface area contributed by atoms with Crippen molar-refractivity contribution in [1.82, 2.24) is 5.32 Å². The predicted octanol–water partition coefficient (Wildman–Crippen LogP) is -0.196. The fourth-order valence-electron chi connectivity index (χ4n) is 1.13. The van der Waals surface area contributed by atoms with Gasteiger partial charge in [-0.2, -0.15) is 5.26 Å². The van der Waals surface area contributed by atoms with Crippen LogP contribution in [0.5, 0.6) is 5.75 Å². The number of amides is 2. The van der Waals surface area contributed by atoms with Gasteiger partial charge < -0.3 is 15.8 Å². The molecule has 3 N–H and O–H groups in total. The van der Waals surface area contributed by atoms with Crippen molar-refractivity contribution in [2.75, 3.05) is 13.2 Å². The lowest BCUT2D eigenvalue weighted by Crippen LogP contribution is -2.29. The number of hydrogen-bond donors (Lipinski definition) is 2. The molecule has 6 nitrogen and oxygen atoms in total. The van der Waals surface area contributed by atoms with Gasteiger partial charge >= 0.3 is 0 Å². The molecule has 1 rings (SSSR count). The van der Waals surface area contributed by atoms with E-state index >= 15 is 0 Å². The molecule has 0 saturated heterocycles.